The molecule has 0 radical (unpaired) electrons. The van der Waals surface area contributed by atoms with Crippen molar-refractivity contribution in [3.05, 3.63) is 0 Å². The van der Waals surface area contributed by atoms with Gasteiger partial charge in [0.1, 0.15) is 6.10 Å². The predicted octanol–water partition coefficient (Wildman–Crippen LogP) is -1.21. The highest BCUT2D eigenvalue weighted by Crippen LogP contribution is 2.31. The Kier molecular flexibility index (Phi) is 2.94. The first-order valence-electron chi connectivity index (χ1n) is 3.51. The van der Waals surface area contributed by atoms with E-state index >= 15 is 0 Å². The first-order valence-corrected chi connectivity index (χ1v) is 4.64. The summed E-state index contributed by atoms with van der Waals surface area (Å²) in [7, 11) is -3.07. The molecule has 0 aromatic heterocycles. The van der Waals surface area contributed by atoms with E-state index < -0.39 is 26.1 Å². The quantitative estimate of drug-likeness (QED) is 0.432. The van der Waals surface area contributed by atoms with Crippen LogP contribution in [0.1, 0.15) is 6.42 Å². The van der Waals surface area contributed by atoms with E-state index in [4.69, 9.17) is 10.00 Å². The maximum absolute atomic E-state index is 10.7. The average molecular weight is 210 g/mol. The Morgan fingerprint density at radius 3 is 2.62 bits per heavy atom. The van der Waals surface area contributed by atoms with Gasteiger partial charge in [0.2, 0.25) is 0 Å². The van der Waals surface area contributed by atoms with Crippen LogP contribution in [0.3, 0.4) is 0 Å². The Bertz CT molecular complexity index is 245. The predicted molar refractivity (Wildman–Crippen MR) is 39.9 cm³/mol. The molecule has 0 aliphatic carbocycles. The summed E-state index contributed by atoms with van der Waals surface area (Å²) in [5, 5.41) is 20.3. The monoisotopic (exact) mass is 210 g/mol. The summed E-state index contributed by atoms with van der Waals surface area (Å²) in [6, 6.07) is 0. The molecule has 4 N–H and O–H groups in total. The van der Waals surface area contributed by atoms with Gasteiger partial charge in [-0.2, -0.15) is 0 Å². The molecule has 1 heterocycles. The SMILES string of the molecule is O=C(O)[C@]1(O[P+](=O)O)NCCC1O. The van der Waals surface area contributed by atoms with E-state index in [2.05, 4.69) is 9.84 Å². The van der Waals surface area contributed by atoms with Crippen LogP contribution in [-0.4, -0.2) is 39.4 Å². The zero-order valence-electron chi connectivity index (χ0n) is 6.51. The number of hydrogen-bond donors (Lipinski definition) is 4. The second kappa shape index (κ2) is 3.65. The van der Waals surface area contributed by atoms with Gasteiger partial charge in [-0.05, 0) is 6.42 Å². The summed E-state index contributed by atoms with van der Waals surface area (Å²) in [4.78, 5) is 19.1. The van der Waals surface area contributed by atoms with Gasteiger partial charge in [0.05, 0.1) is 0 Å². The van der Waals surface area contributed by atoms with Gasteiger partial charge in [0.15, 0.2) is 0 Å². The van der Waals surface area contributed by atoms with E-state index in [1.54, 1.807) is 0 Å². The molecular weight excluding hydrogens is 201 g/mol. The van der Waals surface area contributed by atoms with E-state index in [1.165, 1.54) is 0 Å². The molecule has 0 aromatic carbocycles. The Morgan fingerprint density at radius 2 is 2.31 bits per heavy atom. The average Bonchev–Trinajstić information content (AvgIpc) is 2.32. The van der Waals surface area contributed by atoms with Gasteiger partial charge in [0, 0.05) is 11.1 Å². The zero-order chi connectivity index (χ0) is 10.1. The highest BCUT2D eigenvalue weighted by molar-refractivity contribution is 7.32. The van der Waals surface area contributed by atoms with Crippen LogP contribution in [0, 0.1) is 0 Å². The Balaban J connectivity index is 2.87. The maximum Gasteiger partial charge on any atom is 0.697 e. The minimum Gasteiger partial charge on any atom is -0.478 e. The van der Waals surface area contributed by atoms with Crippen molar-refractivity contribution in [3.8, 4) is 0 Å². The van der Waals surface area contributed by atoms with Gasteiger partial charge in [-0.25, -0.2) is 4.79 Å². The van der Waals surface area contributed by atoms with Gasteiger partial charge in [0.25, 0.3) is 0 Å². The summed E-state index contributed by atoms with van der Waals surface area (Å²) in [5.41, 5.74) is -2.14. The standard InChI is InChI=1S/C5H8NO6P/c7-3-1-2-6-5(3,4(8)9)12-13(10)11/h3,6-7H,1-2H2,(H-,8,9,10,11)/p+1/t3?,5-/m0/s1. The van der Waals surface area contributed by atoms with Crippen LogP contribution < -0.4 is 5.32 Å². The molecule has 0 spiro atoms. The fraction of sp³-hybridized carbons (Fsp3) is 0.800. The van der Waals surface area contributed by atoms with Gasteiger partial charge >= 0.3 is 19.9 Å². The molecule has 1 aliphatic rings. The first kappa shape index (κ1) is 10.5. The lowest BCUT2D eigenvalue weighted by Gasteiger charge is -2.20. The van der Waals surface area contributed by atoms with Crippen molar-refractivity contribution >= 4 is 14.2 Å². The van der Waals surface area contributed by atoms with E-state index in [0.717, 1.165) is 0 Å². The van der Waals surface area contributed by atoms with Crippen LogP contribution >= 0.6 is 8.25 Å². The highest BCUT2D eigenvalue weighted by atomic mass is 31.1. The molecule has 0 saturated carbocycles. The van der Waals surface area contributed by atoms with E-state index in [-0.39, 0.29) is 13.0 Å². The normalized spacial score (nSPS) is 34.6. The minimum atomic E-state index is -3.07. The van der Waals surface area contributed by atoms with Crippen molar-refractivity contribution in [1.82, 2.24) is 5.32 Å². The lowest BCUT2D eigenvalue weighted by atomic mass is 10.1. The minimum absolute atomic E-state index is 0.162. The summed E-state index contributed by atoms with van der Waals surface area (Å²) >= 11 is 0. The van der Waals surface area contributed by atoms with Crippen LogP contribution in [0.2, 0.25) is 0 Å². The Labute approximate surface area is 74.3 Å². The molecule has 74 valence electrons. The number of aliphatic hydroxyl groups excluding tert-OH is 1. The summed E-state index contributed by atoms with van der Waals surface area (Å²) in [6.45, 7) is 0.219. The Morgan fingerprint density at radius 1 is 1.69 bits per heavy atom. The zero-order valence-corrected chi connectivity index (χ0v) is 7.40. The highest BCUT2D eigenvalue weighted by Gasteiger charge is 2.56. The number of carboxylic acids is 1. The molecule has 3 atom stereocenters. The second-order valence-corrected chi connectivity index (χ2v) is 3.26. The molecule has 13 heavy (non-hydrogen) atoms. The summed E-state index contributed by atoms with van der Waals surface area (Å²) < 4.78 is 14.6. The fourth-order valence-electron chi connectivity index (χ4n) is 1.19. The van der Waals surface area contributed by atoms with Crippen molar-refractivity contribution in [2.75, 3.05) is 6.54 Å². The lowest BCUT2D eigenvalue weighted by Crippen LogP contribution is -2.55. The van der Waals surface area contributed by atoms with Crippen LogP contribution in [0.4, 0.5) is 0 Å². The smallest absolute Gasteiger partial charge is 0.478 e. The maximum atomic E-state index is 10.7. The van der Waals surface area contributed by atoms with Crippen molar-refractivity contribution in [3.63, 3.8) is 0 Å². The molecule has 1 fully saturated rings. The van der Waals surface area contributed by atoms with Crippen molar-refractivity contribution < 1.29 is 29.0 Å². The van der Waals surface area contributed by atoms with Gasteiger partial charge in [-0.15, -0.1) is 4.89 Å². The van der Waals surface area contributed by atoms with E-state index in [1.807, 2.05) is 0 Å². The molecule has 1 saturated heterocycles. The second-order valence-electron chi connectivity index (χ2n) is 2.60. The number of rotatable bonds is 3. The summed E-state index contributed by atoms with van der Waals surface area (Å²) in [6.07, 6.45) is -1.16. The van der Waals surface area contributed by atoms with Crippen molar-refractivity contribution in [2.24, 2.45) is 0 Å². The fourth-order valence-corrected chi connectivity index (χ4v) is 1.70. The van der Waals surface area contributed by atoms with Gasteiger partial charge in [-0.3, -0.25) is 5.32 Å². The number of nitrogens with one attached hydrogen (secondary N) is 1. The number of carbonyl (C=O) groups is 1. The number of aliphatic hydroxyl groups is 1. The molecule has 2 unspecified atom stereocenters. The largest absolute Gasteiger partial charge is 0.697 e. The summed E-state index contributed by atoms with van der Waals surface area (Å²) in [5.74, 6) is -1.50. The molecule has 0 bridgehead atoms. The van der Waals surface area contributed by atoms with E-state index in [0.29, 0.717) is 0 Å². The third-order valence-corrected chi connectivity index (χ3v) is 2.26. The molecule has 7 nitrogen and oxygen atoms in total. The Hall–Kier alpha value is -0.590. The molecule has 1 aliphatic heterocycles. The molecular formula is C5H9NO6P+. The number of hydrogen-bond acceptors (Lipinski definition) is 5. The lowest BCUT2D eigenvalue weighted by molar-refractivity contribution is -0.166. The van der Waals surface area contributed by atoms with Crippen molar-refractivity contribution in [2.45, 2.75) is 18.2 Å². The van der Waals surface area contributed by atoms with E-state index in [9.17, 15) is 14.5 Å². The van der Waals surface area contributed by atoms with Crippen LogP contribution in [0.25, 0.3) is 0 Å². The van der Waals surface area contributed by atoms with Crippen LogP contribution in [0.15, 0.2) is 0 Å². The molecule has 1 rings (SSSR count). The van der Waals surface area contributed by atoms with Crippen LogP contribution in [-0.2, 0) is 13.9 Å². The third-order valence-electron chi connectivity index (χ3n) is 1.81. The molecule has 0 amide bonds. The third kappa shape index (κ3) is 1.84. The first-order chi connectivity index (χ1) is 5.99. The van der Waals surface area contributed by atoms with Crippen LogP contribution in [0.5, 0.6) is 0 Å². The number of carboxylic acid groups (broad SMARTS) is 1. The van der Waals surface area contributed by atoms with Gasteiger partial charge < -0.3 is 10.2 Å². The molecule has 8 heteroatoms. The molecule has 0 aromatic rings. The van der Waals surface area contributed by atoms with Crippen molar-refractivity contribution in [1.29, 1.82) is 0 Å². The topological polar surface area (TPSA) is 116 Å². The van der Waals surface area contributed by atoms with Gasteiger partial charge in [-0.1, -0.05) is 4.52 Å². The number of aliphatic carboxylic acids is 1.